The number of hydrogen-bond donors (Lipinski definition) is 3. The van der Waals surface area contributed by atoms with Gasteiger partial charge >= 0.3 is 29.6 Å². The molecule has 0 amide bonds. The standard InChI is InChI=1S/C14H21N3O3.Na/c15-12(2-1-3-14(19)20)10-17(16)9-8-11-4-6-13(18)7-5-11;/h4-7,10,18H,1-3,8-9,15-16H2,(H,19,20);/q;+1/p-1/b12-10-;. The van der Waals surface area contributed by atoms with E-state index < -0.39 is 5.97 Å². The number of nitrogens with zero attached hydrogens (tertiary/aromatic N) is 1. The molecule has 0 heterocycles. The zero-order chi connectivity index (χ0) is 15.0. The van der Waals surface area contributed by atoms with Crippen LogP contribution in [0.15, 0.2) is 36.2 Å². The Hall–Kier alpha value is -1.21. The van der Waals surface area contributed by atoms with Gasteiger partial charge in [-0.05, 0) is 43.4 Å². The van der Waals surface area contributed by atoms with Crippen LogP contribution in [0.5, 0.6) is 5.75 Å². The molecule has 110 valence electrons. The summed E-state index contributed by atoms with van der Waals surface area (Å²) in [7, 11) is 0. The first-order chi connectivity index (χ1) is 9.47. The minimum Gasteiger partial charge on any atom is -0.550 e. The molecule has 0 aliphatic heterocycles. The monoisotopic (exact) mass is 301 g/mol. The molecule has 0 unspecified atom stereocenters. The predicted octanol–water partition coefficient (Wildman–Crippen LogP) is -3.17. The van der Waals surface area contributed by atoms with Crippen LogP contribution in [-0.4, -0.2) is 22.6 Å². The van der Waals surface area contributed by atoms with Gasteiger partial charge in [-0.3, -0.25) is 0 Å². The Morgan fingerprint density at radius 1 is 1.29 bits per heavy atom. The second kappa shape index (κ2) is 10.5. The van der Waals surface area contributed by atoms with Crippen molar-refractivity contribution < 1.29 is 44.6 Å². The zero-order valence-corrected chi connectivity index (χ0v) is 14.3. The van der Waals surface area contributed by atoms with Gasteiger partial charge in [-0.2, -0.15) is 0 Å². The largest absolute Gasteiger partial charge is 1.00 e. The number of carbonyl (C=O) groups excluding carboxylic acids is 1. The molecular formula is C14H20N3NaO3. The van der Waals surface area contributed by atoms with E-state index in [1.54, 1.807) is 18.3 Å². The van der Waals surface area contributed by atoms with Crippen LogP contribution in [0.2, 0.25) is 0 Å². The Balaban J connectivity index is 0.00000400. The molecule has 5 N–H and O–H groups in total. The van der Waals surface area contributed by atoms with Gasteiger partial charge in [0, 0.05) is 24.4 Å². The minimum atomic E-state index is -1.07. The molecular weight excluding hydrogens is 281 g/mol. The van der Waals surface area contributed by atoms with Gasteiger partial charge in [-0.1, -0.05) is 12.1 Å². The van der Waals surface area contributed by atoms with Gasteiger partial charge in [0.1, 0.15) is 5.75 Å². The number of hydrazine groups is 1. The van der Waals surface area contributed by atoms with Crippen molar-refractivity contribution in [1.29, 1.82) is 0 Å². The normalized spacial score (nSPS) is 10.8. The van der Waals surface area contributed by atoms with Gasteiger partial charge in [0.25, 0.3) is 0 Å². The molecule has 0 radical (unpaired) electrons. The summed E-state index contributed by atoms with van der Waals surface area (Å²) in [5.41, 5.74) is 7.34. The van der Waals surface area contributed by atoms with Gasteiger partial charge < -0.3 is 25.8 Å². The third-order valence-corrected chi connectivity index (χ3v) is 2.77. The molecule has 0 fully saturated rings. The molecule has 7 heteroatoms. The summed E-state index contributed by atoms with van der Waals surface area (Å²) in [5.74, 6) is 4.94. The van der Waals surface area contributed by atoms with Crippen LogP contribution in [0.3, 0.4) is 0 Å². The average Bonchev–Trinajstić information content (AvgIpc) is 2.37. The Labute approximate surface area is 146 Å². The fraction of sp³-hybridized carbons (Fsp3) is 0.357. The number of phenols is 1. The first-order valence-electron chi connectivity index (χ1n) is 6.42. The second-order valence-electron chi connectivity index (χ2n) is 4.58. The Morgan fingerprint density at radius 3 is 2.48 bits per heavy atom. The van der Waals surface area contributed by atoms with Crippen LogP contribution in [0.4, 0.5) is 0 Å². The SMILES string of the molecule is N/C(=C\N(N)CCc1ccc(O)cc1)CCCC(=O)[O-].[Na+]. The maximum absolute atomic E-state index is 10.3. The summed E-state index contributed by atoms with van der Waals surface area (Å²) in [6.07, 6.45) is 3.24. The topological polar surface area (TPSA) is 116 Å². The number of aliphatic carboxylic acids is 1. The summed E-state index contributed by atoms with van der Waals surface area (Å²) in [6, 6.07) is 6.91. The molecule has 0 bridgehead atoms. The number of carboxylic acids is 1. The number of aromatic hydroxyl groups is 1. The maximum atomic E-state index is 10.3. The molecule has 21 heavy (non-hydrogen) atoms. The van der Waals surface area contributed by atoms with E-state index in [1.807, 2.05) is 12.1 Å². The number of allylic oxidation sites excluding steroid dienone is 1. The third kappa shape index (κ3) is 9.36. The van der Waals surface area contributed by atoms with Crippen molar-refractivity contribution in [2.75, 3.05) is 6.54 Å². The van der Waals surface area contributed by atoms with Crippen LogP contribution in [-0.2, 0) is 11.2 Å². The molecule has 0 aliphatic carbocycles. The third-order valence-electron chi connectivity index (χ3n) is 2.77. The number of benzene rings is 1. The summed E-state index contributed by atoms with van der Waals surface area (Å²) in [4.78, 5) is 10.3. The molecule has 0 spiro atoms. The maximum Gasteiger partial charge on any atom is 1.00 e. The first kappa shape index (κ1) is 19.8. The molecule has 1 aromatic carbocycles. The van der Waals surface area contributed by atoms with Gasteiger partial charge in [-0.15, -0.1) is 0 Å². The molecule has 0 saturated heterocycles. The van der Waals surface area contributed by atoms with Crippen LogP contribution >= 0.6 is 0 Å². The molecule has 0 aliphatic rings. The Kier molecular flexibility index (Phi) is 9.90. The van der Waals surface area contributed by atoms with Crippen molar-refractivity contribution in [3.05, 3.63) is 41.7 Å². The molecule has 0 aromatic heterocycles. The summed E-state index contributed by atoms with van der Waals surface area (Å²) in [5, 5.41) is 20.9. The Bertz CT molecular complexity index is 463. The predicted molar refractivity (Wildman–Crippen MR) is 73.8 cm³/mol. The molecule has 0 saturated carbocycles. The fourth-order valence-electron chi connectivity index (χ4n) is 1.70. The van der Waals surface area contributed by atoms with E-state index >= 15 is 0 Å². The van der Waals surface area contributed by atoms with E-state index in [2.05, 4.69) is 0 Å². The molecule has 0 atom stereocenters. The van der Waals surface area contributed by atoms with Crippen LogP contribution < -0.4 is 46.2 Å². The van der Waals surface area contributed by atoms with E-state index in [0.29, 0.717) is 25.1 Å². The second-order valence-corrected chi connectivity index (χ2v) is 4.58. The van der Waals surface area contributed by atoms with E-state index in [4.69, 9.17) is 16.7 Å². The Morgan fingerprint density at radius 2 is 1.90 bits per heavy atom. The first-order valence-corrected chi connectivity index (χ1v) is 6.42. The molecule has 1 rings (SSSR count). The van der Waals surface area contributed by atoms with Gasteiger partial charge in [0.15, 0.2) is 0 Å². The quantitative estimate of drug-likeness (QED) is 0.265. The summed E-state index contributed by atoms with van der Waals surface area (Å²) >= 11 is 0. The van der Waals surface area contributed by atoms with Crippen molar-refractivity contribution >= 4 is 5.97 Å². The average molecular weight is 301 g/mol. The number of rotatable bonds is 8. The number of carbonyl (C=O) groups is 1. The smallest absolute Gasteiger partial charge is 0.550 e. The van der Waals surface area contributed by atoms with E-state index in [9.17, 15) is 9.90 Å². The van der Waals surface area contributed by atoms with Crippen molar-refractivity contribution in [3.8, 4) is 5.75 Å². The molecule has 1 aromatic rings. The van der Waals surface area contributed by atoms with Gasteiger partial charge in [0.2, 0.25) is 0 Å². The number of carboxylic acid groups (broad SMARTS) is 1. The number of nitrogens with two attached hydrogens (primary N) is 2. The van der Waals surface area contributed by atoms with E-state index in [-0.39, 0.29) is 41.7 Å². The van der Waals surface area contributed by atoms with E-state index in [1.165, 1.54) is 5.01 Å². The number of hydrogen-bond acceptors (Lipinski definition) is 6. The van der Waals surface area contributed by atoms with Gasteiger partial charge in [0.05, 0.1) is 0 Å². The van der Waals surface area contributed by atoms with E-state index in [0.717, 1.165) is 12.0 Å². The molecule has 6 nitrogen and oxygen atoms in total. The van der Waals surface area contributed by atoms with Crippen LogP contribution in [0.1, 0.15) is 24.8 Å². The summed E-state index contributed by atoms with van der Waals surface area (Å²) in [6.45, 7) is 0.575. The van der Waals surface area contributed by atoms with Crippen LogP contribution in [0, 0.1) is 0 Å². The number of phenolic OH excluding ortho intramolecular Hbond substituents is 1. The fourth-order valence-corrected chi connectivity index (χ4v) is 1.70. The van der Waals surface area contributed by atoms with Crippen molar-refractivity contribution in [2.45, 2.75) is 25.7 Å². The van der Waals surface area contributed by atoms with Crippen molar-refractivity contribution in [2.24, 2.45) is 11.6 Å². The van der Waals surface area contributed by atoms with Crippen LogP contribution in [0.25, 0.3) is 0 Å². The summed E-state index contributed by atoms with van der Waals surface area (Å²) < 4.78 is 0. The van der Waals surface area contributed by atoms with Crippen molar-refractivity contribution in [1.82, 2.24) is 5.01 Å². The van der Waals surface area contributed by atoms with Crippen molar-refractivity contribution in [3.63, 3.8) is 0 Å². The zero-order valence-electron chi connectivity index (χ0n) is 12.3. The van der Waals surface area contributed by atoms with Gasteiger partial charge in [-0.25, -0.2) is 5.84 Å². The minimum absolute atomic E-state index is 0.